The van der Waals surface area contributed by atoms with Crippen LogP contribution in [0.25, 0.3) is 0 Å². The third-order valence-electron chi connectivity index (χ3n) is 2.04. The second-order valence-electron chi connectivity index (χ2n) is 2.82. The van der Waals surface area contributed by atoms with E-state index in [4.69, 9.17) is 0 Å². The second-order valence-corrected chi connectivity index (χ2v) is 2.82. The smallest absolute Gasteiger partial charge is 0.119 e. The molecule has 0 unspecified atom stereocenters. The first-order chi connectivity index (χ1) is 5.69. The van der Waals surface area contributed by atoms with Crippen LogP contribution in [-0.4, -0.2) is 10.2 Å². The molecule has 0 bridgehead atoms. The molecule has 2 N–H and O–H groups in total. The van der Waals surface area contributed by atoms with Gasteiger partial charge in [0, 0.05) is 0 Å². The summed E-state index contributed by atoms with van der Waals surface area (Å²) in [5.41, 5.74) is 1.59. The fourth-order valence-corrected chi connectivity index (χ4v) is 1.23. The van der Waals surface area contributed by atoms with Gasteiger partial charge in [-0.1, -0.05) is 13.8 Å². The summed E-state index contributed by atoms with van der Waals surface area (Å²) in [5.74, 6) is 0.569. The topological polar surface area (TPSA) is 40.5 Å². The van der Waals surface area contributed by atoms with Crippen LogP contribution >= 0.6 is 0 Å². The van der Waals surface area contributed by atoms with Gasteiger partial charge >= 0.3 is 0 Å². The fraction of sp³-hybridized carbons (Fsp3) is 0.400. The van der Waals surface area contributed by atoms with Crippen LogP contribution in [0.3, 0.4) is 0 Å². The molecule has 0 atom stereocenters. The van der Waals surface area contributed by atoms with Crippen LogP contribution in [0.1, 0.15) is 25.0 Å². The van der Waals surface area contributed by atoms with Crippen molar-refractivity contribution in [1.82, 2.24) is 0 Å². The van der Waals surface area contributed by atoms with Crippen LogP contribution in [0.15, 0.2) is 12.1 Å². The van der Waals surface area contributed by atoms with Crippen molar-refractivity contribution < 1.29 is 10.2 Å². The standard InChI is InChI=1S/C10H14O2/c1-3-7-5-10(12)8(4-2)6-9(7)11/h5-6,11-12H,3-4H2,1-2H3. The predicted molar refractivity (Wildman–Crippen MR) is 48.5 cm³/mol. The normalized spacial score (nSPS) is 10.2. The van der Waals surface area contributed by atoms with Crippen molar-refractivity contribution in [2.75, 3.05) is 0 Å². The van der Waals surface area contributed by atoms with Gasteiger partial charge < -0.3 is 10.2 Å². The summed E-state index contributed by atoms with van der Waals surface area (Å²) in [6.45, 7) is 3.89. The SMILES string of the molecule is CCc1cc(O)c(CC)cc1O. The van der Waals surface area contributed by atoms with Gasteiger partial charge in [-0.3, -0.25) is 0 Å². The van der Waals surface area contributed by atoms with Crippen LogP contribution < -0.4 is 0 Å². The molecule has 0 spiro atoms. The molecule has 1 aromatic rings. The molecule has 12 heavy (non-hydrogen) atoms. The molecule has 0 aliphatic heterocycles. The summed E-state index contributed by atoms with van der Waals surface area (Å²) in [5, 5.41) is 18.9. The number of benzene rings is 1. The Kier molecular flexibility index (Phi) is 2.58. The van der Waals surface area contributed by atoms with E-state index in [0.717, 1.165) is 24.0 Å². The summed E-state index contributed by atoms with van der Waals surface area (Å²) < 4.78 is 0. The monoisotopic (exact) mass is 166 g/mol. The molecule has 1 rings (SSSR count). The number of hydrogen-bond acceptors (Lipinski definition) is 2. The zero-order valence-corrected chi connectivity index (χ0v) is 7.46. The van der Waals surface area contributed by atoms with E-state index in [1.807, 2.05) is 13.8 Å². The highest BCUT2D eigenvalue weighted by atomic mass is 16.3. The minimum absolute atomic E-state index is 0.284. The Morgan fingerprint density at radius 1 is 0.917 bits per heavy atom. The van der Waals surface area contributed by atoms with E-state index in [0.29, 0.717) is 0 Å². The average molecular weight is 166 g/mol. The minimum Gasteiger partial charge on any atom is -0.508 e. The lowest BCUT2D eigenvalue weighted by molar-refractivity contribution is 0.450. The molecular formula is C10H14O2. The van der Waals surface area contributed by atoms with Gasteiger partial charge in [0.15, 0.2) is 0 Å². The zero-order valence-electron chi connectivity index (χ0n) is 7.46. The third kappa shape index (κ3) is 1.52. The van der Waals surface area contributed by atoms with Gasteiger partial charge in [0.2, 0.25) is 0 Å². The van der Waals surface area contributed by atoms with Gasteiger partial charge in [-0.15, -0.1) is 0 Å². The van der Waals surface area contributed by atoms with Crippen LogP contribution in [0.4, 0.5) is 0 Å². The van der Waals surface area contributed by atoms with Gasteiger partial charge in [-0.2, -0.15) is 0 Å². The van der Waals surface area contributed by atoms with Crippen LogP contribution in [0, 0.1) is 0 Å². The highest BCUT2D eigenvalue weighted by Gasteiger charge is 2.04. The first kappa shape index (κ1) is 8.91. The maximum absolute atomic E-state index is 9.44. The third-order valence-corrected chi connectivity index (χ3v) is 2.04. The molecule has 0 saturated heterocycles. The molecule has 0 aliphatic rings. The number of aryl methyl sites for hydroxylation is 2. The quantitative estimate of drug-likeness (QED) is 0.661. The van der Waals surface area contributed by atoms with E-state index < -0.39 is 0 Å². The van der Waals surface area contributed by atoms with Crippen molar-refractivity contribution in [2.45, 2.75) is 26.7 Å². The number of aromatic hydroxyl groups is 2. The van der Waals surface area contributed by atoms with Crippen molar-refractivity contribution in [1.29, 1.82) is 0 Å². The van der Waals surface area contributed by atoms with E-state index in [9.17, 15) is 10.2 Å². The molecule has 0 aromatic heterocycles. The Hall–Kier alpha value is -1.18. The van der Waals surface area contributed by atoms with E-state index in [2.05, 4.69) is 0 Å². The Morgan fingerprint density at radius 2 is 1.25 bits per heavy atom. The van der Waals surface area contributed by atoms with E-state index in [-0.39, 0.29) is 11.5 Å². The number of rotatable bonds is 2. The second kappa shape index (κ2) is 3.48. The Bertz CT molecular complexity index is 250. The number of phenolic OH excluding ortho intramolecular Hbond substituents is 2. The number of phenols is 2. The average Bonchev–Trinajstić information content (AvgIpc) is 2.08. The summed E-state index contributed by atoms with van der Waals surface area (Å²) in [6.07, 6.45) is 1.48. The predicted octanol–water partition coefficient (Wildman–Crippen LogP) is 2.22. The molecule has 2 heteroatoms. The van der Waals surface area contributed by atoms with Gasteiger partial charge in [0.05, 0.1) is 0 Å². The van der Waals surface area contributed by atoms with Gasteiger partial charge in [-0.25, -0.2) is 0 Å². The molecule has 0 saturated carbocycles. The summed E-state index contributed by atoms with van der Waals surface area (Å²) in [7, 11) is 0. The molecule has 66 valence electrons. The maximum atomic E-state index is 9.44. The lowest BCUT2D eigenvalue weighted by Gasteiger charge is -2.06. The van der Waals surface area contributed by atoms with Gasteiger partial charge in [0.25, 0.3) is 0 Å². The van der Waals surface area contributed by atoms with Crippen molar-refractivity contribution in [3.63, 3.8) is 0 Å². The first-order valence-electron chi connectivity index (χ1n) is 4.22. The molecular weight excluding hydrogens is 152 g/mol. The highest BCUT2D eigenvalue weighted by molar-refractivity contribution is 5.44. The fourth-order valence-electron chi connectivity index (χ4n) is 1.23. The molecule has 0 amide bonds. The van der Waals surface area contributed by atoms with Gasteiger partial charge in [-0.05, 0) is 36.1 Å². The van der Waals surface area contributed by atoms with Crippen molar-refractivity contribution in [3.8, 4) is 11.5 Å². The summed E-state index contributed by atoms with van der Waals surface area (Å²) in [4.78, 5) is 0. The molecule has 0 radical (unpaired) electrons. The van der Waals surface area contributed by atoms with Crippen molar-refractivity contribution >= 4 is 0 Å². The molecule has 0 heterocycles. The van der Waals surface area contributed by atoms with E-state index >= 15 is 0 Å². The van der Waals surface area contributed by atoms with Crippen molar-refractivity contribution in [2.24, 2.45) is 0 Å². The Labute approximate surface area is 72.5 Å². The van der Waals surface area contributed by atoms with Crippen LogP contribution in [0.2, 0.25) is 0 Å². The van der Waals surface area contributed by atoms with Crippen LogP contribution in [0.5, 0.6) is 11.5 Å². The summed E-state index contributed by atoms with van der Waals surface area (Å²) in [6, 6.07) is 3.27. The molecule has 2 nitrogen and oxygen atoms in total. The molecule has 1 aromatic carbocycles. The van der Waals surface area contributed by atoms with Crippen LogP contribution in [-0.2, 0) is 12.8 Å². The molecule has 0 aliphatic carbocycles. The number of hydrogen-bond donors (Lipinski definition) is 2. The van der Waals surface area contributed by atoms with E-state index in [1.165, 1.54) is 0 Å². The zero-order chi connectivity index (χ0) is 9.14. The Balaban J connectivity index is 3.16. The largest absolute Gasteiger partial charge is 0.508 e. The minimum atomic E-state index is 0.284. The maximum Gasteiger partial charge on any atom is 0.119 e. The van der Waals surface area contributed by atoms with Gasteiger partial charge in [0.1, 0.15) is 11.5 Å². The lowest BCUT2D eigenvalue weighted by atomic mass is 10.1. The Morgan fingerprint density at radius 3 is 1.50 bits per heavy atom. The highest BCUT2D eigenvalue weighted by Crippen LogP contribution is 2.27. The lowest BCUT2D eigenvalue weighted by Crippen LogP contribution is -1.86. The van der Waals surface area contributed by atoms with E-state index in [1.54, 1.807) is 12.1 Å². The first-order valence-corrected chi connectivity index (χ1v) is 4.22. The molecule has 0 fully saturated rings. The van der Waals surface area contributed by atoms with Crippen molar-refractivity contribution in [3.05, 3.63) is 23.3 Å². The summed E-state index contributed by atoms with van der Waals surface area (Å²) >= 11 is 0.